The average molecular weight is 429 g/mol. The normalized spacial score (nSPS) is 18.6. The van der Waals surface area contributed by atoms with Crippen LogP contribution in [0, 0.1) is 13.8 Å². The van der Waals surface area contributed by atoms with Gasteiger partial charge < -0.3 is 19.5 Å². The van der Waals surface area contributed by atoms with Crippen LogP contribution in [0.1, 0.15) is 50.0 Å². The Bertz CT molecular complexity index is 868. The molecule has 1 saturated heterocycles. The third kappa shape index (κ3) is 4.67. The number of nitrogens with zero attached hydrogens (tertiary/aromatic N) is 3. The summed E-state index contributed by atoms with van der Waals surface area (Å²) in [6, 6.07) is 8.62. The van der Waals surface area contributed by atoms with E-state index in [1.165, 1.54) is 37.1 Å². The zero-order valence-corrected chi connectivity index (χ0v) is 19.0. The van der Waals surface area contributed by atoms with E-state index in [1.807, 2.05) is 19.1 Å². The summed E-state index contributed by atoms with van der Waals surface area (Å²) in [7, 11) is 0. The van der Waals surface area contributed by atoms with Gasteiger partial charge >= 0.3 is 0 Å². The number of aromatic nitrogens is 2. The van der Waals surface area contributed by atoms with Gasteiger partial charge in [0.05, 0.1) is 24.2 Å². The third-order valence-electron chi connectivity index (χ3n) is 6.21. The molecule has 7 heteroatoms. The SMILES string of the molecule is Cc1nc(S[C@H](C)C(=O)Nc2ccc(N3CCOCC3)cc2)n(C2CCCC2)c1C. The highest BCUT2D eigenvalue weighted by Gasteiger charge is 2.26. The first-order valence-corrected chi connectivity index (χ1v) is 11.9. The van der Waals surface area contributed by atoms with Crippen LogP contribution in [0.25, 0.3) is 0 Å². The van der Waals surface area contributed by atoms with Crippen LogP contribution in [0.5, 0.6) is 0 Å². The van der Waals surface area contributed by atoms with Crippen LogP contribution in [-0.2, 0) is 9.53 Å². The van der Waals surface area contributed by atoms with Gasteiger partial charge in [0.1, 0.15) is 0 Å². The number of imidazole rings is 1. The molecular formula is C23H32N4O2S. The van der Waals surface area contributed by atoms with E-state index in [-0.39, 0.29) is 11.2 Å². The fourth-order valence-corrected chi connectivity index (χ4v) is 5.38. The molecule has 2 heterocycles. The maximum absolute atomic E-state index is 12.8. The van der Waals surface area contributed by atoms with Crippen molar-refractivity contribution in [1.29, 1.82) is 0 Å². The van der Waals surface area contributed by atoms with Crippen molar-refractivity contribution in [3.8, 4) is 0 Å². The number of aryl methyl sites for hydroxylation is 1. The number of carbonyl (C=O) groups is 1. The van der Waals surface area contributed by atoms with E-state index in [9.17, 15) is 4.79 Å². The average Bonchev–Trinajstić information content (AvgIpc) is 3.37. The molecule has 162 valence electrons. The molecule has 2 aromatic rings. The first-order chi connectivity index (χ1) is 14.5. The van der Waals surface area contributed by atoms with Gasteiger partial charge in [-0.25, -0.2) is 4.98 Å². The minimum absolute atomic E-state index is 0.00963. The number of nitrogens with one attached hydrogen (secondary N) is 1. The van der Waals surface area contributed by atoms with Crippen molar-refractivity contribution < 1.29 is 9.53 Å². The molecule has 0 spiro atoms. The molecule has 1 amide bonds. The molecule has 6 nitrogen and oxygen atoms in total. The summed E-state index contributed by atoms with van der Waals surface area (Å²) >= 11 is 1.56. The summed E-state index contributed by atoms with van der Waals surface area (Å²) in [5.41, 5.74) is 4.30. The zero-order chi connectivity index (χ0) is 21.1. The summed E-state index contributed by atoms with van der Waals surface area (Å²) in [6.07, 6.45) is 4.98. The first kappa shape index (κ1) is 21.2. The molecule has 1 aliphatic heterocycles. The Hall–Kier alpha value is -1.99. The van der Waals surface area contributed by atoms with Crippen LogP contribution in [0.3, 0.4) is 0 Å². The standard InChI is InChI=1S/C23H32N4O2S/c1-16-17(2)27(21-6-4-5-7-21)23(24-16)30-18(3)22(28)25-19-8-10-20(11-9-19)26-12-14-29-15-13-26/h8-11,18,21H,4-7,12-15H2,1-3H3,(H,25,28)/t18-/m1/s1. The number of amides is 1. The van der Waals surface area contributed by atoms with Gasteiger partial charge in [0, 0.05) is 36.2 Å². The quantitative estimate of drug-likeness (QED) is 0.683. The van der Waals surface area contributed by atoms with Crippen molar-refractivity contribution in [2.24, 2.45) is 0 Å². The van der Waals surface area contributed by atoms with Crippen LogP contribution in [-0.4, -0.2) is 47.0 Å². The lowest BCUT2D eigenvalue weighted by Gasteiger charge is -2.29. The molecule has 2 fully saturated rings. The van der Waals surface area contributed by atoms with E-state index in [0.717, 1.165) is 42.8 Å². The smallest absolute Gasteiger partial charge is 0.237 e. The molecule has 1 aliphatic carbocycles. The highest BCUT2D eigenvalue weighted by Crippen LogP contribution is 2.36. The second-order valence-corrected chi connectivity index (χ2v) is 9.58. The Morgan fingerprint density at radius 2 is 1.83 bits per heavy atom. The van der Waals surface area contributed by atoms with Gasteiger partial charge in [0.15, 0.2) is 5.16 Å². The second kappa shape index (κ2) is 9.43. The Balaban J connectivity index is 1.39. The van der Waals surface area contributed by atoms with Gasteiger partial charge in [-0.2, -0.15) is 0 Å². The fourth-order valence-electron chi connectivity index (χ4n) is 4.30. The monoisotopic (exact) mass is 428 g/mol. The topological polar surface area (TPSA) is 59.4 Å². The van der Waals surface area contributed by atoms with Crippen molar-refractivity contribution in [2.45, 2.75) is 62.9 Å². The van der Waals surface area contributed by atoms with Crippen LogP contribution >= 0.6 is 11.8 Å². The number of rotatable bonds is 6. The van der Waals surface area contributed by atoms with Gasteiger partial charge in [-0.15, -0.1) is 0 Å². The molecule has 1 saturated carbocycles. The Morgan fingerprint density at radius 1 is 1.17 bits per heavy atom. The lowest BCUT2D eigenvalue weighted by molar-refractivity contribution is -0.115. The number of morpholine rings is 1. The lowest BCUT2D eigenvalue weighted by atomic mass is 10.2. The summed E-state index contributed by atoms with van der Waals surface area (Å²) in [5.74, 6) is 0.00963. The summed E-state index contributed by atoms with van der Waals surface area (Å²) in [6.45, 7) is 9.51. The van der Waals surface area contributed by atoms with E-state index < -0.39 is 0 Å². The van der Waals surface area contributed by atoms with Gasteiger partial charge in [-0.05, 0) is 57.9 Å². The maximum Gasteiger partial charge on any atom is 0.237 e. The molecule has 0 bridgehead atoms. The van der Waals surface area contributed by atoms with Crippen molar-refractivity contribution in [3.05, 3.63) is 35.7 Å². The van der Waals surface area contributed by atoms with Crippen molar-refractivity contribution in [1.82, 2.24) is 9.55 Å². The molecule has 1 aromatic carbocycles. The number of hydrogen-bond donors (Lipinski definition) is 1. The van der Waals surface area contributed by atoms with Crippen molar-refractivity contribution in [2.75, 3.05) is 36.5 Å². The van der Waals surface area contributed by atoms with Crippen LogP contribution in [0.15, 0.2) is 29.4 Å². The molecule has 1 aromatic heterocycles. The summed E-state index contributed by atoms with van der Waals surface area (Å²) < 4.78 is 7.78. The largest absolute Gasteiger partial charge is 0.378 e. The van der Waals surface area contributed by atoms with E-state index in [0.29, 0.717) is 6.04 Å². The number of benzene rings is 1. The number of anilines is 2. The highest BCUT2D eigenvalue weighted by atomic mass is 32.2. The van der Waals surface area contributed by atoms with E-state index in [2.05, 4.69) is 40.8 Å². The van der Waals surface area contributed by atoms with E-state index in [4.69, 9.17) is 9.72 Å². The fraction of sp³-hybridized carbons (Fsp3) is 0.565. The van der Waals surface area contributed by atoms with Gasteiger partial charge in [0.2, 0.25) is 5.91 Å². The van der Waals surface area contributed by atoms with E-state index in [1.54, 1.807) is 11.8 Å². The minimum atomic E-state index is -0.217. The number of hydrogen-bond acceptors (Lipinski definition) is 5. The molecule has 1 N–H and O–H groups in total. The maximum atomic E-state index is 12.8. The number of carbonyl (C=O) groups excluding carboxylic acids is 1. The lowest BCUT2D eigenvalue weighted by Crippen LogP contribution is -2.36. The van der Waals surface area contributed by atoms with Crippen LogP contribution in [0.2, 0.25) is 0 Å². The minimum Gasteiger partial charge on any atom is -0.378 e. The predicted octanol–water partition coefficient (Wildman–Crippen LogP) is 4.57. The first-order valence-electron chi connectivity index (χ1n) is 11.0. The molecule has 1 atom stereocenters. The molecular weight excluding hydrogens is 396 g/mol. The van der Waals surface area contributed by atoms with Gasteiger partial charge in [-0.3, -0.25) is 4.79 Å². The molecule has 0 unspecified atom stereocenters. The predicted molar refractivity (Wildman–Crippen MR) is 123 cm³/mol. The zero-order valence-electron chi connectivity index (χ0n) is 18.2. The van der Waals surface area contributed by atoms with Gasteiger partial charge in [-0.1, -0.05) is 24.6 Å². The highest BCUT2D eigenvalue weighted by molar-refractivity contribution is 8.00. The molecule has 0 radical (unpaired) electrons. The Labute approximate surface area is 183 Å². The summed E-state index contributed by atoms with van der Waals surface area (Å²) in [4.78, 5) is 19.9. The van der Waals surface area contributed by atoms with Crippen molar-refractivity contribution >= 4 is 29.0 Å². The Morgan fingerprint density at radius 3 is 2.50 bits per heavy atom. The second-order valence-electron chi connectivity index (χ2n) is 8.27. The molecule has 4 rings (SSSR count). The van der Waals surface area contributed by atoms with Crippen molar-refractivity contribution in [3.63, 3.8) is 0 Å². The molecule has 2 aliphatic rings. The number of ether oxygens (including phenoxy) is 1. The van der Waals surface area contributed by atoms with Gasteiger partial charge in [0.25, 0.3) is 0 Å². The van der Waals surface area contributed by atoms with Crippen LogP contribution < -0.4 is 10.2 Å². The number of thioether (sulfide) groups is 1. The van der Waals surface area contributed by atoms with E-state index >= 15 is 0 Å². The summed E-state index contributed by atoms with van der Waals surface area (Å²) in [5, 5.41) is 3.82. The van der Waals surface area contributed by atoms with Crippen LogP contribution in [0.4, 0.5) is 11.4 Å². The Kier molecular flexibility index (Phi) is 6.68. The third-order valence-corrected chi connectivity index (χ3v) is 7.27. The molecule has 30 heavy (non-hydrogen) atoms.